The van der Waals surface area contributed by atoms with E-state index in [4.69, 9.17) is 22.1 Å². The van der Waals surface area contributed by atoms with Crippen LogP contribution in [0, 0.1) is 10.1 Å². The first-order valence-corrected chi connectivity index (χ1v) is 8.44. The fourth-order valence-corrected chi connectivity index (χ4v) is 2.61. The van der Waals surface area contributed by atoms with E-state index in [1.54, 1.807) is 12.1 Å². The van der Waals surface area contributed by atoms with Gasteiger partial charge in [-0.3, -0.25) is 14.9 Å². The topological polar surface area (TPSA) is 107 Å². The predicted octanol–water partition coefficient (Wildman–Crippen LogP) is 4.01. The summed E-state index contributed by atoms with van der Waals surface area (Å²) in [7, 11) is 1.46. The average Bonchev–Trinajstić information content (AvgIpc) is 2.63. The molecule has 0 aliphatic rings. The lowest BCUT2D eigenvalue weighted by atomic mass is 10.1. The summed E-state index contributed by atoms with van der Waals surface area (Å²) in [5.74, 6) is 0.0920. The molecule has 2 aromatic carbocycles. The molecule has 0 aliphatic heterocycles. The standard InChI is InChI=1S/C18H20ClN3O4.ClH/c1-26-17-11-16(20)15(19)10-14(17)18(23)21-9-3-2-4-12-5-7-13(8-6-12)22(24)25;/h5-8,10-11H,2-4,9,20H2,1H3,(H,21,23);1H. The highest BCUT2D eigenvalue weighted by Gasteiger charge is 2.14. The third kappa shape index (κ3) is 6.30. The number of methoxy groups -OCH3 is 1. The SMILES string of the molecule is COc1cc(N)c(Cl)cc1C(=O)NCCCCc1ccc([N+](=O)[O-])cc1.Cl. The number of nitro benzene ring substituents is 1. The highest BCUT2D eigenvalue weighted by molar-refractivity contribution is 6.33. The van der Waals surface area contributed by atoms with Gasteiger partial charge in [0.25, 0.3) is 11.6 Å². The fourth-order valence-electron chi connectivity index (χ4n) is 2.45. The van der Waals surface area contributed by atoms with Crippen LogP contribution in [0.1, 0.15) is 28.8 Å². The summed E-state index contributed by atoms with van der Waals surface area (Å²) in [5.41, 5.74) is 7.49. The summed E-state index contributed by atoms with van der Waals surface area (Å²) >= 11 is 5.97. The number of non-ortho nitro benzene ring substituents is 1. The van der Waals surface area contributed by atoms with Gasteiger partial charge in [-0.05, 0) is 30.9 Å². The van der Waals surface area contributed by atoms with Crippen LogP contribution in [0.5, 0.6) is 5.75 Å². The van der Waals surface area contributed by atoms with Gasteiger partial charge in [-0.2, -0.15) is 0 Å². The third-order valence-corrected chi connectivity index (χ3v) is 4.22. The van der Waals surface area contributed by atoms with E-state index >= 15 is 0 Å². The Labute approximate surface area is 168 Å². The van der Waals surface area contributed by atoms with E-state index in [-0.39, 0.29) is 24.0 Å². The largest absolute Gasteiger partial charge is 0.496 e. The summed E-state index contributed by atoms with van der Waals surface area (Å²) in [4.78, 5) is 22.5. The molecule has 0 radical (unpaired) electrons. The lowest BCUT2D eigenvalue weighted by Gasteiger charge is -2.11. The van der Waals surface area contributed by atoms with Gasteiger partial charge in [0.05, 0.1) is 28.3 Å². The number of nitrogens with two attached hydrogens (primary N) is 1. The molecule has 0 aromatic heterocycles. The Morgan fingerprint density at radius 3 is 2.52 bits per heavy atom. The molecule has 0 aliphatic carbocycles. The number of aryl methyl sites for hydroxylation is 1. The molecule has 0 heterocycles. The number of carbonyl (C=O) groups excluding carboxylic acids is 1. The molecule has 2 rings (SSSR count). The molecule has 1 amide bonds. The zero-order valence-electron chi connectivity index (χ0n) is 14.7. The van der Waals surface area contributed by atoms with Gasteiger partial charge < -0.3 is 15.8 Å². The Hall–Kier alpha value is -2.51. The smallest absolute Gasteiger partial charge is 0.269 e. The first kappa shape index (κ1) is 22.5. The Balaban J connectivity index is 0.00000364. The average molecular weight is 414 g/mol. The molecule has 2 aromatic rings. The lowest BCUT2D eigenvalue weighted by Crippen LogP contribution is -2.25. The number of hydrogen-bond acceptors (Lipinski definition) is 5. The summed E-state index contributed by atoms with van der Waals surface area (Å²) in [6.45, 7) is 0.497. The van der Waals surface area contributed by atoms with E-state index in [9.17, 15) is 14.9 Å². The van der Waals surface area contributed by atoms with Gasteiger partial charge in [-0.25, -0.2) is 0 Å². The number of unbranched alkanes of at least 4 members (excludes halogenated alkanes) is 1. The van der Waals surface area contributed by atoms with Gasteiger partial charge >= 0.3 is 0 Å². The molecule has 0 saturated carbocycles. The van der Waals surface area contributed by atoms with E-state index in [2.05, 4.69) is 5.32 Å². The van der Waals surface area contributed by atoms with Crippen LogP contribution < -0.4 is 15.8 Å². The molecule has 9 heteroatoms. The molecule has 146 valence electrons. The van der Waals surface area contributed by atoms with Gasteiger partial charge in [0.1, 0.15) is 5.75 Å². The number of nitro groups is 1. The van der Waals surface area contributed by atoms with E-state index < -0.39 is 4.92 Å². The minimum Gasteiger partial charge on any atom is -0.496 e. The third-order valence-electron chi connectivity index (χ3n) is 3.89. The van der Waals surface area contributed by atoms with Gasteiger partial charge in [0.2, 0.25) is 0 Å². The van der Waals surface area contributed by atoms with Crippen LogP contribution >= 0.6 is 24.0 Å². The monoisotopic (exact) mass is 413 g/mol. The Morgan fingerprint density at radius 2 is 1.93 bits per heavy atom. The van der Waals surface area contributed by atoms with Crippen molar-refractivity contribution in [2.45, 2.75) is 19.3 Å². The van der Waals surface area contributed by atoms with Crippen molar-refractivity contribution >= 4 is 41.3 Å². The van der Waals surface area contributed by atoms with Crippen molar-refractivity contribution in [1.29, 1.82) is 0 Å². The van der Waals surface area contributed by atoms with Crippen molar-refractivity contribution < 1.29 is 14.5 Å². The molecular formula is C18H21Cl2N3O4. The summed E-state index contributed by atoms with van der Waals surface area (Å²) in [6.07, 6.45) is 2.40. The number of benzene rings is 2. The minimum atomic E-state index is -0.420. The molecular weight excluding hydrogens is 393 g/mol. The molecule has 0 saturated heterocycles. The summed E-state index contributed by atoms with van der Waals surface area (Å²) < 4.78 is 5.17. The first-order valence-electron chi connectivity index (χ1n) is 8.07. The predicted molar refractivity (Wildman–Crippen MR) is 108 cm³/mol. The van der Waals surface area contributed by atoms with Crippen molar-refractivity contribution in [1.82, 2.24) is 5.32 Å². The maximum atomic E-state index is 12.3. The number of amides is 1. The van der Waals surface area contributed by atoms with Crippen molar-refractivity contribution in [2.24, 2.45) is 0 Å². The van der Waals surface area contributed by atoms with Crippen LogP contribution in [0.2, 0.25) is 5.02 Å². The van der Waals surface area contributed by atoms with Crippen LogP contribution in [0.3, 0.4) is 0 Å². The number of hydrogen-bond donors (Lipinski definition) is 2. The van der Waals surface area contributed by atoms with Crippen LogP contribution in [-0.4, -0.2) is 24.5 Å². The molecule has 27 heavy (non-hydrogen) atoms. The second kappa shape index (κ2) is 10.6. The van der Waals surface area contributed by atoms with Gasteiger partial charge in [-0.15, -0.1) is 12.4 Å². The van der Waals surface area contributed by atoms with Crippen LogP contribution in [-0.2, 0) is 6.42 Å². The maximum absolute atomic E-state index is 12.3. The molecule has 0 bridgehead atoms. The minimum absolute atomic E-state index is 0. The zero-order valence-corrected chi connectivity index (χ0v) is 16.3. The normalized spacial score (nSPS) is 10.0. The quantitative estimate of drug-likeness (QED) is 0.294. The van der Waals surface area contributed by atoms with E-state index in [1.165, 1.54) is 31.4 Å². The second-order valence-electron chi connectivity index (χ2n) is 5.71. The summed E-state index contributed by atoms with van der Waals surface area (Å²) in [5, 5.41) is 13.7. The van der Waals surface area contributed by atoms with Crippen molar-refractivity contribution in [3.63, 3.8) is 0 Å². The molecule has 0 unspecified atom stereocenters. The second-order valence-corrected chi connectivity index (χ2v) is 6.12. The number of halogens is 2. The number of anilines is 1. The molecule has 0 spiro atoms. The van der Waals surface area contributed by atoms with Crippen LogP contribution in [0.4, 0.5) is 11.4 Å². The van der Waals surface area contributed by atoms with Crippen LogP contribution in [0.15, 0.2) is 36.4 Å². The Bertz CT molecular complexity index is 798. The van der Waals surface area contributed by atoms with Gasteiger partial charge in [0.15, 0.2) is 0 Å². The number of carbonyl (C=O) groups is 1. The maximum Gasteiger partial charge on any atom is 0.269 e. The number of rotatable bonds is 8. The number of nitrogens with one attached hydrogen (secondary N) is 1. The van der Waals surface area contributed by atoms with Crippen molar-refractivity contribution in [2.75, 3.05) is 19.4 Å². The van der Waals surface area contributed by atoms with Crippen molar-refractivity contribution in [3.8, 4) is 5.75 Å². The van der Waals surface area contributed by atoms with Gasteiger partial charge in [0, 0.05) is 24.7 Å². The molecule has 7 nitrogen and oxygen atoms in total. The fraction of sp³-hybridized carbons (Fsp3) is 0.278. The number of nitrogen functional groups attached to an aromatic ring is 1. The number of ether oxygens (including phenoxy) is 1. The number of nitrogens with zero attached hydrogens (tertiary/aromatic N) is 1. The molecule has 0 atom stereocenters. The summed E-state index contributed by atoms with van der Waals surface area (Å²) in [6, 6.07) is 9.49. The van der Waals surface area contributed by atoms with E-state index in [1.807, 2.05) is 0 Å². The highest BCUT2D eigenvalue weighted by atomic mass is 35.5. The molecule has 3 N–H and O–H groups in total. The van der Waals surface area contributed by atoms with Gasteiger partial charge in [-0.1, -0.05) is 23.7 Å². The van der Waals surface area contributed by atoms with Crippen LogP contribution in [0.25, 0.3) is 0 Å². The van der Waals surface area contributed by atoms with E-state index in [0.717, 1.165) is 24.8 Å². The van der Waals surface area contributed by atoms with Crippen molar-refractivity contribution in [3.05, 3.63) is 62.7 Å². The molecule has 0 fully saturated rings. The Morgan fingerprint density at radius 1 is 1.26 bits per heavy atom. The Kier molecular flexibility index (Phi) is 8.84. The lowest BCUT2D eigenvalue weighted by molar-refractivity contribution is -0.384. The van der Waals surface area contributed by atoms with E-state index in [0.29, 0.717) is 28.6 Å². The highest BCUT2D eigenvalue weighted by Crippen LogP contribution is 2.28. The first-order chi connectivity index (χ1) is 12.4. The zero-order chi connectivity index (χ0) is 19.1.